The van der Waals surface area contributed by atoms with E-state index in [1.807, 2.05) is 54.6 Å². The van der Waals surface area contributed by atoms with E-state index in [0.717, 1.165) is 22.0 Å². The molecule has 0 unspecified atom stereocenters. The maximum atomic E-state index is 14.5. The van der Waals surface area contributed by atoms with E-state index in [1.54, 1.807) is 32.2 Å². The number of para-hydroxylation sites is 1. The standard InChI is InChI=1S/C45H58N8O7S/c1-27(2)39-44(59)51-37(24-28-11-5-4-6-12-28)45(60)53(3)38(20-22-61)43(58)50-35(23-29-16-18-31(54)19-17-29)41(56)49-36(25-30-26-47-33-14-8-7-13-32(30)33)42(57)48-34(40(55)52-39)15-9-10-21-46/h4-8,11-14,16-19,26-27,34-39,47,54,61H,9-10,15,20-25,46H2,1-3H3,(H,48,57)(H,49,56)(H,50,58)(H,51,59)(H,52,55)/t34-,35-,36+,37-,38-,39-/m0/s1. The summed E-state index contributed by atoms with van der Waals surface area (Å²) < 4.78 is 0. The van der Waals surface area contributed by atoms with E-state index in [1.165, 1.54) is 24.1 Å². The molecule has 1 aliphatic heterocycles. The predicted molar refractivity (Wildman–Crippen MR) is 236 cm³/mol. The van der Waals surface area contributed by atoms with Crippen LogP contribution in [0.5, 0.6) is 5.75 Å². The Morgan fingerprint density at radius 2 is 1.23 bits per heavy atom. The zero-order chi connectivity index (χ0) is 44.1. The summed E-state index contributed by atoms with van der Waals surface area (Å²) in [6.45, 7) is 3.87. The van der Waals surface area contributed by atoms with E-state index in [0.29, 0.717) is 24.9 Å². The fourth-order valence-corrected chi connectivity index (χ4v) is 7.75. The largest absolute Gasteiger partial charge is 0.508 e. The van der Waals surface area contributed by atoms with Gasteiger partial charge in [0.05, 0.1) is 0 Å². The summed E-state index contributed by atoms with van der Waals surface area (Å²) in [6, 6.07) is 15.7. The van der Waals surface area contributed by atoms with Gasteiger partial charge in [0.1, 0.15) is 42.0 Å². The van der Waals surface area contributed by atoms with Gasteiger partial charge in [0, 0.05) is 43.4 Å². The molecular weight excluding hydrogens is 797 g/mol. The van der Waals surface area contributed by atoms with E-state index in [2.05, 4.69) is 44.2 Å². The van der Waals surface area contributed by atoms with Crippen LogP contribution in [0.2, 0.25) is 0 Å². The highest BCUT2D eigenvalue weighted by Crippen LogP contribution is 2.21. The van der Waals surface area contributed by atoms with Gasteiger partial charge >= 0.3 is 0 Å². The van der Waals surface area contributed by atoms with Crippen molar-refractivity contribution in [2.45, 2.75) is 95.0 Å². The number of hydrogen-bond acceptors (Lipinski definition) is 9. The number of phenolic OH excluding ortho intramolecular Hbond substituents is 1. The molecule has 9 N–H and O–H groups in total. The Hall–Kier alpha value is -5.87. The normalized spacial score (nSPS) is 22.5. The molecule has 0 bridgehead atoms. The predicted octanol–water partition coefficient (Wildman–Crippen LogP) is 2.27. The van der Waals surface area contributed by atoms with Gasteiger partial charge in [-0.15, -0.1) is 0 Å². The first kappa shape index (κ1) is 46.2. The van der Waals surface area contributed by atoms with Gasteiger partial charge in [-0.25, -0.2) is 0 Å². The minimum atomic E-state index is -1.27. The Morgan fingerprint density at radius 1 is 0.656 bits per heavy atom. The first-order valence-corrected chi connectivity index (χ1v) is 21.4. The molecule has 6 atom stereocenters. The van der Waals surface area contributed by atoms with Gasteiger partial charge in [-0.3, -0.25) is 28.8 Å². The number of aromatic hydroxyl groups is 1. The molecule has 0 saturated carbocycles. The Morgan fingerprint density at radius 3 is 1.90 bits per heavy atom. The highest BCUT2D eigenvalue weighted by atomic mass is 32.1. The first-order valence-electron chi connectivity index (χ1n) is 20.8. The summed E-state index contributed by atoms with van der Waals surface area (Å²) in [6.07, 6.45) is 3.11. The number of nitrogens with zero attached hydrogens (tertiary/aromatic N) is 1. The number of nitrogens with one attached hydrogen (secondary N) is 6. The van der Waals surface area contributed by atoms with Crippen LogP contribution in [0.15, 0.2) is 85.1 Å². The average molecular weight is 855 g/mol. The SMILES string of the molecule is CC(C)[C@@H]1NC(=O)[C@H](CCCCN)NC(=O)[C@@H](Cc2c[nH]c3ccccc23)NC(=O)[C@H](Cc2ccc(O)cc2)NC(=O)[C@H](CCS)N(C)C(=O)[C@H](Cc2ccccc2)NC1=O. The zero-order valence-corrected chi connectivity index (χ0v) is 35.8. The van der Waals surface area contributed by atoms with Crippen molar-refractivity contribution in [1.29, 1.82) is 0 Å². The summed E-state index contributed by atoms with van der Waals surface area (Å²) in [5.74, 6) is -4.05. The third kappa shape index (κ3) is 12.6. The number of H-pyrrole nitrogens is 1. The van der Waals surface area contributed by atoms with Crippen LogP contribution >= 0.6 is 12.6 Å². The van der Waals surface area contributed by atoms with Gasteiger partial charge in [0.2, 0.25) is 35.4 Å². The highest BCUT2D eigenvalue weighted by Gasteiger charge is 2.38. The minimum Gasteiger partial charge on any atom is -0.508 e. The Balaban J connectivity index is 1.60. The number of carbonyl (C=O) groups excluding carboxylic acids is 6. The van der Waals surface area contributed by atoms with Crippen molar-refractivity contribution in [1.82, 2.24) is 36.5 Å². The first-order chi connectivity index (χ1) is 29.3. The number of benzene rings is 3. The third-order valence-electron chi connectivity index (χ3n) is 11.0. The van der Waals surface area contributed by atoms with Crippen LogP contribution in [0, 0.1) is 5.92 Å². The molecule has 2 heterocycles. The molecule has 61 heavy (non-hydrogen) atoms. The van der Waals surface area contributed by atoms with Crippen LogP contribution in [-0.2, 0) is 48.0 Å². The van der Waals surface area contributed by atoms with Crippen molar-refractivity contribution < 1.29 is 33.9 Å². The summed E-state index contributed by atoms with van der Waals surface area (Å²) in [7, 11) is 1.46. The summed E-state index contributed by atoms with van der Waals surface area (Å²) in [4.78, 5) is 90.8. The van der Waals surface area contributed by atoms with E-state index >= 15 is 0 Å². The lowest BCUT2D eigenvalue weighted by Gasteiger charge is -2.33. The number of rotatable bonds is 13. The van der Waals surface area contributed by atoms with Crippen LogP contribution < -0.4 is 32.3 Å². The lowest BCUT2D eigenvalue weighted by Crippen LogP contribution is -2.62. The number of carbonyl (C=O) groups is 6. The number of aromatic nitrogens is 1. The van der Waals surface area contributed by atoms with Crippen molar-refractivity contribution in [3.05, 3.63) is 102 Å². The molecule has 1 aromatic heterocycles. The van der Waals surface area contributed by atoms with Crippen molar-refractivity contribution in [2.24, 2.45) is 11.7 Å². The molecule has 16 heteroatoms. The Bertz CT molecular complexity index is 2130. The summed E-state index contributed by atoms with van der Waals surface area (Å²) >= 11 is 4.40. The number of fused-ring (bicyclic) bond motifs is 1. The summed E-state index contributed by atoms with van der Waals surface area (Å²) in [5.41, 5.74) is 8.67. The van der Waals surface area contributed by atoms with Gasteiger partial charge in [-0.05, 0) is 78.8 Å². The molecule has 15 nitrogen and oxygen atoms in total. The van der Waals surface area contributed by atoms with Crippen LogP contribution in [0.3, 0.4) is 0 Å². The lowest BCUT2D eigenvalue weighted by molar-refractivity contribution is -0.143. The number of aromatic amines is 1. The topological polar surface area (TPSA) is 228 Å². The molecule has 0 aliphatic carbocycles. The number of unbranched alkanes of at least 4 members (excludes halogenated alkanes) is 1. The second kappa shape index (κ2) is 22.1. The quantitative estimate of drug-likeness (QED) is 0.0715. The minimum absolute atomic E-state index is 0.00769. The number of hydrogen-bond donors (Lipinski definition) is 9. The summed E-state index contributed by atoms with van der Waals surface area (Å²) in [5, 5.41) is 25.1. The van der Waals surface area contributed by atoms with Crippen molar-refractivity contribution in [3.63, 3.8) is 0 Å². The lowest BCUT2D eigenvalue weighted by atomic mass is 9.98. The van der Waals surface area contributed by atoms with Gasteiger partial charge in [-0.1, -0.05) is 74.5 Å². The third-order valence-corrected chi connectivity index (χ3v) is 11.2. The fraction of sp³-hybridized carbons (Fsp3) is 0.422. The van der Waals surface area contributed by atoms with E-state index in [-0.39, 0.29) is 43.6 Å². The van der Waals surface area contributed by atoms with Crippen molar-refractivity contribution in [2.75, 3.05) is 19.3 Å². The van der Waals surface area contributed by atoms with Gasteiger partial charge in [0.15, 0.2) is 0 Å². The molecule has 0 radical (unpaired) electrons. The molecule has 4 aromatic rings. The fourth-order valence-electron chi connectivity index (χ4n) is 7.50. The smallest absolute Gasteiger partial charge is 0.245 e. The monoisotopic (exact) mass is 854 g/mol. The van der Waals surface area contributed by atoms with E-state index in [9.17, 15) is 33.9 Å². The van der Waals surface area contributed by atoms with Crippen LogP contribution in [-0.4, -0.2) is 106 Å². The molecule has 1 aliphatic rings. The molecule has 6 amide bonds. The highest BCUT2D eigenvalue weighted by molar-refractivity contribution is 7.80. The molecule has 3 aromatic carbocycles. The van der Waals surface area contributed by atoms with E-state index < -0.39 is 77.6 Å². The number of phenols is 1. The van der Waals surface area contributed by atoms with Crippen LogP contribution in [0.4, 0.5) is 0 Å². The molecule has 1 fully saturated rings. The van der Waals surface area contributed by atoms with Crippen molar-refractivity contribution in [3.8, 4) is 5.75 Å². The average Bonchev–Trinajstić information content (AvgIpc) is 3.66. The number of thiol groups is 1. The van der Waals surface area contributed by atoms with Gasteiger partial charge in [0.25, 0.3) is 0 Å². The molecule has 0 spiro atoms. The maximum Gasteiger partial charge on any atom is 0.245 e. The second-order valence-electron chi connectivity index (χ2n) is 15.9. The maximum absolute atomic E-state index is 14.5. The number of nitrogens with two attached hydrogens (primary N) is 1. The second-order valence-corrected chi connectivity index (χ2v) is 16.3. The number of likely N-dealkylation sites (N-methyl/N-ethyl adjacent to an activating group) is 1. The van der Waals surface area contributed by atoms with Crippen molar-refractivity contribution >= 4 is 59.0 Å². The molecular formula is C45H58N8O7S. The Kier molecular flexibility index (Phi) is 16.7. The van der Waals surface area contributed by atoms with Gasteiger partial charge in [-0.2, -0.15) is 12.6 Å². The molecule has 5 rings (SSSR count). The molecule has 1 saturated heterocycles. The Labute approximate surface area is 361 Å². The van der Waals surface area contributed by atoms with Crippen LogP contribution in [0.25, 0.3) is 10.9 Å². The van der Waals surface area contributed by atoms with Crippen LogP contribution in [0.1, 0.15) is 56.2 Å². The zero-order valence-electron chi connectivity index (χ0n) is 34.9. The van der Waals surface area contributed by atoms with Gasteiger partial charge < -0.3 is 47.3 Å². The number of amides is 6. The van der Waals surface area contributed by atoms with E-state index in [4.69, 9.17) is 5.73 Å². The molecule has 326 valence electrons.